The Morgan fingerprint density at radius 1 is 1.23 bits per heavy atom. The fraction of sp³-hybridized carbons (Fsp3) is 0.467. The van der Waals surface area contributed by atoms with Crippen LogP contribution >= 0.6 is 23.2 Å². The molecule has 0 aliphatic carbocycles. The Morgan fingerprint density at radius 2 is 1.95 bits per heavy atom. The van der Waals surface area contributed by atoms with E-state index in [1.165, 1.54) is 0 Å². The minimum atomic E-state index is -1.02. The molecule has 5 nitrogen and oxygen atoms in total. The molecule has 1 N–H and O–H groups in total. The molecule has 7 heteroatoms. The van der Waals surface area contributed by atoms with Crippen LogP contribution in [0, 0.1) is 0 Å². The maximum absolute atomic E-state index is 12.5. The molecule has 1 fully saturated rings. The normalized spacial score (nSPS) is 24.2. The highest BCUT2D eigenvalue weighted by Crippen LogP contribution is 2.31. The van der Waals surface area contributed by atoms with E-state index in [4.69, 9.17) is 33.0 Å². The number of ether oxygens (including phenoxy) is 1. The van der Waals surface area contributed by atoms with Gasteiger partial charge in [0.1, 0.15) is 6.10 Å². The number of rotatable bonds is 2. The first-order chi connectivity index (χ1) is 10.5. The summed E-state index contributed by atoms with van der Waals surface area (Å²) in [4.78, 5) is 25.1. The highest BCUT2D eigenvalue weighted by molar-refractivity contribution is 6.35. The number of carboxylic acids is 1. The molecule has 1 amide bonds. The van der Waals surface area contributed by atoms with Crippen molar-refractivity contribution in [3.63, 3.8) is 0 Å². The van der Waals surface area contributed by atoms with Crippen LogP contribution in [-0.4, -0.2) is 40.6 Å². The SMILES string of the molecule is O=C(O)[C@H]1CC[C@@H](C(=O)N2CCc3c(Cl)cc(Cl)cc3C2)O1. The molecule has 3 rings (SSSR count). The van der Waals surface area contributed by atoms with Crippen molar-refractivity contribution in [1.29, 1.82) is 0 Å². The molecule has 118 valence electrons. The van der Waals surface area contributed by atoms with Gasteiger partial charge in [-0.2, -0.15) is 0 Å². The lowest BCUT2D eigenvalue weighted by molar-refractivity contribution is -0.155. The summed E-state index contributed by atoms with van der Waals surface area (Å²) in [6, 6.07) is 3.52. The molecule has 0 saturated carbocycles. The second kappa shape index (κ2) is 6.07. The summed E-state index contributed by atoms with van der Waals surface area (Å²) in [5.74, 6) is -1.18. The Hall–Kier alpha value is -1.30. The standard InChI is InChI=1S/C15H15Cl2NO4/c16-9-5-8-7-18(4-3-10(8)11(17)6-9)14(19)12-1-2-13(22-12)15(20)21/h5-6,12-13H,1-4,7H2,(H,20,21)/t12-,13+/m0/s1. The van der Waals surface area contributed by atoms with Gasteiger partial charge in [-0.15, -0.1) is 0 Å². The van der Waals surface area contributed by atoms with E-state index in [2.05, 4.69) is 0 Å². The molecule has 0 spiro atoms. The third-order valence-corrected chi connectivity index (χ3v) is 4.68. The largest absolute Gasteiger partial charge is 0.479 e. The van der Waals surface area contributed by atoms with Crippen LogP contribution < -0.4 is 0 Å². The van der Waals surface area contributed by atoms with Crippen molar-refractivity contribution in [3.05, 3.63) is 33.3 Å². The van der Waals surface area contributed by atoms with Gasteiger partial charge in [0.2, 0.25) is 0 Å². The molecule has 0 aromatic heterocycles. The van der Waals surface area contributed by atoms with Crippen LogP contribution in [0.15, 0.2) is 12.1 Å². The predicted octanol–water partition coefficient (Wildman–Crippen LogP) is 2.51. The van der Waals surface area contributed by atoms with Crippen LogP contribution in [0.1, 0.15) is 24.0 Å². The number of halogens is 2. The fourth-order valence-electron chi connectivity index (χ4n) is 3.00. The van der Waals surface area contributed by atoms with E-state index < -0.39 is 18.2 Å². The number of carboxylic acid groups (broad SMARTS) is 1. The smallest absolute Gasteiger partial charge is 0.332 e. The Morgan fingerprint density at radius 3 is 2.64 bits per heavy atom. The van der Waals surface area contributed by atoms with Gasteiger partial charge in [-0.25, -0.2) is 4.79 Å². The van der Waals surface area contributed by atoms with Crippen molar-refractivity contribution in [2.45, 2.75) is 38.0 Å². The van der Waals surface area contributed by atoms with Gasteiger partial charge in [-0.3, -0.25) is 4.79 Å². The van der Waals surface area contributed by atoms with Crippen molar-refractivity contribution in [2.75, 3.05) is 6.54 Å². The Bertz CT molecular complexity index is 634. The quantitative estimate of drug-likeness (QED) is 0.895. The molecular formula is C15H15Cl2NO4. The third kappa shape index (κ3) is 2.93. The lowest BCUT2D eigenvalue weighted by Crippen LogP contribution is -2.42. The molecule has 2 aliphatic rings. The molecule has 22 heavy (non-hydrogen) atoms. The first-order valence-corrected chi connectivity index (χ1v) is 7.85. The van der Waals surface area contributed by atoms with Gasteiger partial charge in [0.25, 0.3) is 5.91 Å². The molecule has 1 aromatic carbocycles. The average Bonchev–Trinajstić information content (AvgIpc) is 2.95. The molecular weight excluding hydrogens is 329 g/mol. The van der Waals surface area contributed by atoms with Crippen LogP contribution in [-0.2, 0) is 27.3 Å². The van der Waals surface area contributed by atoms with Gasteiger partial charge < -0.3 is 14.7 Å². The number of fused-ring (bicyclic) bond motifs is 1. The number of nitrogens with zero attached hydrogens (tertiary/aromatic N) is 1. The number of aliphatic carboxylic acids is 1. The molecule has 0 unspecified atom stereocenters. The van der Waals surface area contributed by atoms with Crippen LogP contribution in [0.4, 0.5) is 0 Å². The maximum atomic E-state index is 12.5. The van der Waals surface area contributed by atoms with Crippen molar-refractivity contribution >= 4 is 35.1 Å². The van der Waals surface area contributed by atoms with Gasteiger partial charge >= 0.3 is 5.97 Å². The predicted molar refractivity (Wildman–Crippen MR) is 81.1 cm³/mol. The Balaban J connectivity index is 1.72. The van der Waals surface area contributed by atoms with Crippen LogP contribution in [0.2, 0.25) is 10.0 Å². The topological polar surface area (TPSA) is 66.8 Å². The van der Waals surface area contributed by atoms with Crippen LogP contribution in [0.25, 0.3) is 0 Å². The van der Waals surface area contributed by atoms with Gasteiger partial charge in [0, 0.05) is 23.1 Å². The summed E-state index contributed by atoms with van der Waals surface area (Å²) in [6.07, 6.45) is -0.0812. The highest BCUT2D eigenvalue weighted by atomic mass is 35.5. The number of amides is 1. The summed E-state index contributed by atoms with van der Waals surface area (Å²) >= 11 is 12.2. The zero-order valence-electron chi connectivity index (χ0n) is 11.7. The minimum Gasteiger partial charge on any atom is -0.479 e. The molecule has 2 heterocycles. The van der Waals surface area contributed by atoms with Gasteiger partial charge in [0.15, 0.2) is 6.10 Å². The van der Waals surface area contributed by atoms with Crippen LogP contribution in [0.3, 0.4) is 0 Å². The van der Waals surface area contributed by atoms with Crippen molar-refractivity contribution in [3.8, 4) is 0 Å². The fourth-order valence-corrected chi connectivity index (χ4v) is 3.63. The Labute approximate surface area is 137 Å². The first-order valence-electron chi connectivity index (χ1n) is 7.09. The van der Waals surface area contributed by atoms with E-state index in [0.29, 0.717) is 42.4 Å². The molecule has 1 saturated heterocycles. The van der Waals surface area contributed by atoms with Gasteiger partial charge in [-0.1, -0.05) is 23.2 Å². The summed E-state index contributed by atoms with van der Waals surface area (Å²) in [5.41, 5.74) is 1.95. The summed E-state index contributed by atoms with van der Waals surface area (Å²) in [5, 5.41) is 10.1. The molecule has 0 radical (unpaired) electrons. The summed E-state index contributed by atoms with van der Waals surface area (Å²) in [6.45, 7) is 0.969. The number of carbonyl (C=O) groups is 2. The zero-order valence-corrected chi connectivity index (χ0v) is 13.2. The number of benzene rings is 1. The summed E-state index contributed by atoms with van der Waals surface area (Å²) in [7, 11) is 0. The van der Waals surface area contributed by atoms with Crippen molar-refractivity contribution < 1.29 is 19.4 Å². The highest BCUT2D eigenvalue weighted by Gasteiger charge is 2.37. The van der Waals surface area contributed by atoms with E-state index in [0.717, 1.165) is 11.1 Å². The third-order valence-electron chi connectivity index (χ3n) is 4.13. The van der Waals surface area contributed by atoms with E-state index in [1.54, 1.807) is 11.0 Å². The first kappa shape index (κ1) is 15.6. The summed E-state index contributed by atoms with van der Waals surface area (Å²) < 4.78 is 5.33. The maximum Gasteiger partial charge on any atom is 0.332 e. The lowest BCUT2D eigenvalue weighted by Gasteiger charge is -2.31. The van der Waals surface area contributed by atoms with Gasteiger partial charge in [-0.05, 0) is 42.5 Å². The van der Waals surface area contributed by atoms with Crippen LogP contribution in [0.5, 0.6) is 0 Å². The monoisotopic (exact) mass is 343 g/mol. The molecule has 2 aliphatic heterocycles. The number of carbonyl (C=O) groups excluding carboxylic acids is 1. The van der Waals surface area contributed by atoms with E-state index in [-0.39, 0.29) is 5.91 Å². The number of hydrogen-bond donors (Lipinski definition) is 1. The number of hydrogen-bond acceptors (Lipinski definition) is 3. The van der Waals surface area contributed by atoms with E-state index in [1.807, 2.05) is 6.07 Å². The molecule has 2 atom stereocenters. The second-order valence-electron chi connectivity index (χ2n) is 5.56. The van der Waals surface area contributed by atoms with E-state index >= 15 is 0 Å². The second-order valence-corrected chi connectivity index (χ2v) is 6.41. The average molecular weight is 344 g/mol. The van der Waals surface area contributed by atoms with Gasteiger partial charge in [0.05, 0.1) is 0 Å². The van der Waals surface area contributed by atoms with E-state index in [9.17, 15) is 9.59 Å². The van der Waals surface area contributed by atoms with Crippen molar-refractivity contribution in [2.24, 2.45) is 0 Å². The zero-order chi connectivity index (χ0) is 15.9. The minimum absolute atomic E-state index is 0.162. The molecule has 0 bridgehead atoms. The molecule has 1 aromatic rings. The van der Waals surface area contributed by atoms with Crippen molar-refractivity contribution in [1.82, 2.24) is 4.90 Å². The Kier molecular flexibility index (Phi) is 4.30. The lowest BCUT2D eigenvalue weighted by atomic mass is 9.99.